The molecule has 0 aliphatic heterocycles. The second-order valence-corrected chi connectivity index (χ2v) is 5.97. The minimum atomic E-state index is 0.492. The molecule has 102 valence electrons. The van der Waals surface area contributed by atoms with Crippen LogP contribution >= 0.6 is 11.3 Å². The lowest BCUT2D eigenvalue weighted by Crippen LogP contribution is -2.21. The van der Waals surface area contributed by atoms with Gasteiger partial charge in [-0.3, -0.25) is 0 Å². The van der Waals surface area contributed by atoms with Crippen LogP contribution in [0.15, 0.2) is 41.8 Å². The lowest BCUT2D eigenvalue weighted by Gasteiger charge is -2.20. The maximum atomic E-state index is 3.62. The van der Waals surface area contributed by atoms with E-state index in [1.165, 1.54) is 35.3 Å². The van der Waals surface area contributed by atoms with Gasteiger partial charge in [0.15, 0.2) is 0 Å². The molecule has 0 bridgehead atoms. The molecule has 2 heteroatoms. The van der Waals surface area contributed by atoms with E-state index in [4.69, 9.17) is 0 Å². The van der Waals surface area contributed by atoms with E-state index in [9.17, 15) is 0 Å². The monoisotopic (exact) mass is 273 g/mol. The van der Waals surface area contributed by atoms with Crippen molar-refractivity contribution < 1.29 is 0 Å². The van der Waals surface area contributed by atoms with Crippen molar-refractivity contribution in [1.29, 1.82) is 0 Å². The first kappa shape index (κ1) is 14.3. The van der Waals surface area contributed by atoms with Crippen molar-refractivity contribution in [3.63, 3.8) is 0 Å². The van der Waals surface area contributed by atoms with Crippen LogP contribution in [0.4, 0.5) is 0 Å². The molecule has 0 saturated heterocycles. The van der Waals surface area contributed by atoms with Crippen LogP contribution in [0, 0.1) is 6.92 Å². The van der Waals surface area contributed by atoms with Gasteiger partial charge in [0.2, 0.25) is 0 Å². The first-order valence-corrected chi connectivity index (χ1v) is 8.00. The maximum absolute atomic E-state index is 3.62. The first-order chi connectivity index (χ1) is 9.31. The summed E-state index contributed by atoms with van der Waals surface area (Å²) in [6.45, 7) is 5.42. The van der Waals surface area contributed by atoms with Gasteiger partial charge in [-0.2, -0.15) is 0 Å². The number of benzene rings is 1. The molecule has 0 aliphatic rings. The van der Waals surface area contributed by atoms with Crippen molar-refractivity contribution in [1.82, 2.24) is 5.32 Å². The van der Waals surface area contributed by atoms with E-state index < -0.39 is 0 Å². The molecule has 1 heterocycles. The van der Waals surface area contributed by atoms with Crippen LogP contribution in [0.5, 0.6) is 0 Å². The van der Waals surface area contributed by atoms with Gasteiger partial charge in [0, 0.05) is 10.9 Å². The zero-order valence-corrected chi connectivity index (χ0v) is 12.7. The minimum Gasteiger partial charge on any atom is -0.310 e. The predicted molar refractivity (Wildman–Crippen MR) is 84.9 cm³/mol. The Morgan fingerprint density at radius 2 is 2.00 bits per heavy atom. The van der Waals surface area contributed by atoms with Crippen LogP contribution in [0.2, 0.25) is 0 Å². The number of rotatable bonds is 7. The van der Waals surface area contributed by atoms with Crippen molar-refractivity contribution in [2.45, 2.75) is 39.2 Å². The topological polar surface area (TPSA) is 12.0 Å². The molecule has 1 aromatic heterocycles. The zero-order chi connectivity index (χ0) is 13.5. The summed E-state index contributed by atoms with van der Waals surface area (Å²) in [6.07, 6.45) is 3.65. The predicted octanol–water partition coefficient (Wildman–Crippen LogP) is 4.73. The van der Waals surface area contributed by atoms with Crippen LogP contribution in [0.3, 0.4) is 0 Å². The molecule has 0 fully saturated rings. The second kappa shape index (κ2) is 7.46. The molecule has 2 aromatic rings. The van der Waals surface area contributed by atoms with Crippen LogP contribution < -0.4 is 5.32 Å². The third kappa shape index (κ3) is 4.19. The molecule has 1 aromatic carbocycles. The Kier molecular flexibility index (Phi) is 5.62. The molecule has 2 rings (SSSR count). The Balaban J connectivity index is 1.94. The Morgan fingerprint density at radius 1 is 1.16 bits per heavy atom. The fourth-order valence-corrected chi connectivity index (χ4v) is 3.28. The van der Waals surface area contributed by atoms with Gasteiger partial charge in [-0.25, -0.2) is 0 Å². The fraction of sp³-hybridized carbons (Fsp3) is 0.412. The minimum absolute atomic E-state index is 0.492. The second-order valence-electron chi connectivity index (χ2n) is 4.94. The highest BCUT2D eigenvalue weighted by atomic mass is 32.1. The van der Waals surface area contributed by atoms with Gasteiger partial charge < -0.3 is 5.32 Å². The maximum Gasteiger partial charge on any atom is 0.0322 e. The van der Waals surface area contributed by atoms with Gasteiger partial charge in [-0.1, -0.05) is 37.3 Å². The molecular formula is C17H23NS. The lowest BCUT2D eigenvalue weighted by atomic mass is 9.96. The summed E-state index contributed by atoms with van der Waals surface area (Å²) in [7, 11) is 0. The van der Waals surface area contributed by atoms with E-state index >= 15 is 0 Å². The molecule has 0 aliphatic carbocycles. The van der Waals surface area contributed by atoms with E-state index in [1.54, 1.807) is 0 Å². The number of thiophene rings is 1. The Morgan fingerprint density at radius 3 is 2.68 bits per heavy atom. The van der Waals surface area contributed by atoms with Gasteiger partial charge >= 0.3 is 0 Å². The van der Waals surface area contributed by atoms with Crippen LogP contribution in [-0.2, 0) is 6.42 Å². The van der Waals surface area contributed by atoms with Crippen LogP contribution in [-0.4, -0.2) is 6.54 Å². The lowest BCUT2D eigenvalue weighted by molar-refractivity contribution is 0.497. The highest BCUT2D eigenvalue weighted by molar-refractivity contribution is 7.09. The molecule has 1 nitrogen and oxygen atoms in total. The van der Waals surface area contributed by atoms with Gasteiger partial charge in [0.05, 0.1) is 0 Å². The van der Waals surface area contributed by atoms with Crippen molar-refractivity contribution >= 4 is 11.3 Å². The smallest absolute Gasteiger partial charge is 0.0322 e. The first-order valence-electron chi connectivity index (χ1n) is 7.12. The standard InChI is InChI=1S/C17H23NS/c1-3-18-17(16-11-5-4-8-14(16)2)12-6-9-15-10-7-13-19-15/h4-5,7-8,10-11,13,17-18H,3,6,9,12H2,1-2H3. The summed E-state index contributed by atoms with van der Waals surface area (Å²) in [5.41, 5.74) is 2.85. The van der Waals surface area contributed by atoms with Crippen molar-refractivity contribution in [2.75, 3.05) is 6.54 Å². The van der Waals surface area contributed by atoms with E-state index in [2.05, 4.69) is 60.9 Å². The molecule has 0 saturated carbocycles. The quantitative estimate of drug-likeness (QED) is 0.769. The van der Waals surface area contributed by atoms with Crippen LogP contribution in [0.1, 0.15) is 41.8 Å². The Hall–Kier alpha value is -1.12. The number of hydrogen-bond donors (Lipinski definition) is 1. The third-order valence-electron chi connectivity index (χ3n) is 3.51. The average Bonchev–Trinajstić information content (AvgIpc) is 2.92. The summed E-state index contributed by atoms with van der Waals surface area (Å²) < 4.78 is 0. The molecule has 19 heavy (non-hydrogen) atoms. The average molecular weight is 273 g/mol. The normalized spacial score (nSPS) is 12.5. The van der Waals surface area contributed by atoms with Gasteiger partial charge in [0.1, 0.15) is 0 Å². The summed E-state index contributed by atoms with van der Waals surface area (Å²) >= 11 is 1.87. The molecule has 1 unspecified atom stereocenters. The van der Waals surface area contributed by atoms with Gasteiger partial charge in [0.25, 0.3) is 0 Å². The van der Waals surface area contributed by atoms with Crippen molar-refractivity contribution in [3.8, 4) is 0 Å². The Labute approximate surface area is 120 Å². The third-order valence-corrected chi connectivity index (χ3v) is 4.45. The van der Waals surface area contributed by atoms with Crippen molar-refractivity contribution in [3.05, 3.63) is 57.8 Å². The summed E-state index contributed by atoms with van der Waals surface area (Å²) in [6, 6.07) is 13.6. The van der Waals surface area contributed by atoms with E-state index in [-0.39, 0.29) is 0 Å². The number of nitrogens with one attached hydrogen (secondary N) is 1. The van der Waals surface area contributed by atoms with Gasteiger partial charge in [-0.05, 0) is 55.3 Å². The number of hydrogen-bond acceptors (Lipinski definition) is 2. The highest BCUT2D eigenvalue weighted by Gasteiger charge is 2.11. The zero-order valence-electron chi connectivity index (χ0n) is 11.9. The Bertz CT molecular complexity index is 476. The van der Waals surface area contributed by atoms with Crippen LogP contribution in [0.25, 0.3) is 0 Å². The van der Waals surface area contributed by atoms with E-state index in [0.29, 0.717) is 6.04 Å². The SMILES string of the molecule is CCNC(CCCc1cccs1)c1ccccc1C. The highest BCUT2D eigenvalue weighted by Crippen LogP contribution is 2.23. The number of aryl methyl sites for hydroxylation is 2. The molecule has 1 atom stereocenters. The fourth-order valence-electron chi connectivity index (χ4n) is 2.53. The summed E-state index contributed by atoms with van der Waals surface area (Å²) in [4.78, 5) is 1.50. The summed E-state index contributed by atoms with van der Waals surface area (Å²) in [5.74, 6) is 0. The van der Waals surface area contributed by atoms with E-state index in [0.717, 1.165) is 6.54 Å². The van der Waals surface area contributed by atoms with Crippen molar-refractivity contribution in [2.24, 2.45) is 0 Å². The summed E-state index contributed by atoms with van der Waals surface area (Å²) in [5, 5.41) is 5.79. The van der Waals surface area contributed by atoms with E-state index in [1.807, 2.05) is 11.3 Å². The molecular weight excluding hydrogens is 250 g/mol. The molecule has 0 spiro atoms. The molecule has 1 N–H and O–H groups in total. The molecule has 0 amide bonds. The van der Waals surface area contributed by atoms with Gasteiger partial charge in [-0.15, -0.1) is 11.3 Å². The largest absolute Gasteiger partial charge is 0.310 e. The molecule has 0 radical (unpaired) electrons.